The summed E-state index contributed by atoms with van der Waals surface area (Å²) in [6.45, 7) is 6.78. The normalized spacial score (nSPS) is 17.7. The standard InChI is InChI=1S/C21H30N6O3S/c1-3-14-31(29,30)26-16-8-7-13-27(15-16)19-11-12-22-21(25-19)24-18-10-6-5-9-17(18)23-20(28)4-2/h4-6,9-12,16,20,23,26,28H,2-3,7-8,13-15H2,1H3,(H,22,24,25). The number of nitrogens with zero attached hydrogens (tertiary/aromatic N) is 3. The highest BCUT2D eigenvalue weighted by atomic mass is 32.2. The van der Waals surface area contributed by atoms with Gasteiger partial charge in [0, 0.05) is 25.3 Å². The molecule has 168 valence electrons. The van der Waals surface area contributed by atoms with Crippen LogP contribution in [0, 0.1) is 0 Å². The van der Waals surface area contributed by atoms with E-state index in [1.807, 2.05) is 37.3 Å². The monoisotopic (exact) mass is 446 g/mol. The van der Waals surface area contributed by atoms with Gasteiger partial charge < -0.3 is 20.6 Å². The van der Waals surface area contributed by atoms with Gasteiger partial charge in [-0.15, -0.1) is 0 Å². The molecule has 0 radical (unpaired) electrons. The Kier molecular flexibility index (Phi) is 7.83. The van der Waals surface area contributed by atoms with E-state index in [2.05, 4.69) is 36.8 Å². The van der Waals surface area contributed by atoms with Crippen molar-refractivity contribution in [1.82, 2.24) is 14.7 Å². The van der Waals surface area contributed by atoms with Crippen LogP contribution in [-0.4, -0.2) is 54.6 Å². The summed E-state index contributed by atoms with van der Waals surface area (Å²) in [6.07, 6.45) is 4.46. The van der Waals surface area contributed by atoms with Crippen LogP contribution in [0.15, 0.2) is 49.2 Å². The van der Waals surface area contributed by atoms with Crippen LogP contribution in [0.1, 0.15) is 26.2 Å². The van der Waals surface area contributed by atoms with E-state index in [1.165, 1.54) is 6.08 Å². The Balaban J connectivity index is 1.71. The average Bonchev–Trinajstić information content (AvgIpc) is 2.75. The molecule has 0 bridgehead atoms. The van der Waals surface area contributed by atoms with Crippen LogP contribution in [0.25, 0.3) is 0 Å². The molecule has 0 amide bonds. The van der Waals surface area contributed by atoms with Crippen LogP contribution in [0.3, 0.4) is 0 Å². The summed E-state index contributed by atoms with van der Waals surface area (Å²) in [4.78, 5) is 11.0. The molecule has 10 heteroatoms. The van der Waals surface area contributed by atoms with Gasteiger partial charge >= 0.3 is 0 Å². The Morgan fingerprint density at radius 1 is 1.32 bits per heavy atom. The van der Waals surface area contributed by atoms with Crippen molar-refractivity contribution in [3.63, 3.8) is 0 Å². The molecule has 1 fully saturated rings. The first kappa shape index (κ1) is 23.0. The Labute approximate surface area is 183 Å². The number of rotatable bonds is 10. The van der Waals surface area contributed by atoms with Crippen LogP contribution >= 0.6 is 0 Å². The van der Waals surface area contributed by atoms with Gasteiger partial charge in [-0.1, -0.05) is 25.6 Å². The van der Waals surface area contributed by atoms with E-state index in [4.69, 9.17) is 0 Å². The number of piperidine rings is 1. The van der Waals surface area contributed by atoms with E-state index < -0.39 is 16.3 Å². The lowest BCUT2D eigenvalue weighted by atomic mass is 10.1. The fourth-order valence-electron chi connectivity index (χ4n) is 3.51. The fourth-order valence-corrected chi connectivity index (χ4v) is 4.86. The van der Waals surface area contributed by atoms with Crippen molar-refractivity contribution in [2.24, 2.45) is 0 Å². The van der Waals surface area contributed by atoms with Gasteiger partial charge in [0.1, 0.15) is 12.0 Å². The Bertz CT molecular complexity index is 985. The van der Waals surface area contributed by atoms with Crippen LogP contribution in [-0.2, 0) is 10.0 Å². The zero-order valence-electron chi connectivity index (χ0n) is 17.7. The number of sulfonamides is 1. The van der Waals surface area contributed by atoms with Gasteiger partial charge in [0.25, 0.3) is 0 Å². The highest BCUT2D eigenvalue weighted by Crippen LogP contribution is 2.26. The number of aliphatic hydroxyl groups is 1. The molecule has 2 heterocycles. The molecule has 2 unspecified atom stereocenters. The molecular weight excluding hydrogens is 416 g/mol. The quantitative estimate of drug-likeness (QED) is 0.325. The van der Waals surface area contributed by atoms with Gasteiger partial charge in [0.2, 0.25) is 16.0 Å². The van der Waals surface area contributed by atoms with E-state index in [0.29, 0.717) is 30.3 Å². The van der Waals surface area contributed by atoms with Crippen molar-refractivity contribution in [2.45, 2.75) is 38.5 Å². The van der Waals surface area contributed by atoms with E-state index in [9.17, 15) is 13.5 Å². The fraction of sp³-hybridized carbons (Fsp3) is 0.429. The number of benzene rings is 1. The van der Waals surface area contributed by atoms with Gasteiger partial charge in [-0.3, -0.25) is 0 Å². The van der Waals surface area contributed by atoms with Crippen LogP contribution < -0.4 is 20.3 Å². The predicted octanol–water partition coefficient (Wildman–Crippen LogP) is 2.43. The number of hydrogen-bond acceptors (Lipinski definition) is 8. The molecule has 0 saturated carbocycles. The van der Waals surface area contributed by atoms with Crippen LogP contribution in [0.4, 0.5) is 23.1 Å². The maximum atomic E-state index is 12.1. The second-order valence-electron chi connectivity index (χ2n) is 7.46. The number of aromatic nitrogens is 2. The van der Waals surface area contributed by atoms with Crippen LogP contribution in [0.5, 0.6) is 0 Å². The van der Waals surface area contributed by atoms with Crippen molar-refractivity contribution in [3.8, 4) is 0 Å². The molecule has 4 N–H and O–H groups in total. The molecule has 1 aromatic heterocycles. The summed E-state index contributed by atoms with van der Waals surface area (Å²) < 4.78 is 27.1. The van der Waals surface area contributed by atoms with Crippen molar-refractivity contribution in [2.75, 3.05) is 34.4 Å². The molecule has 1 aliphatic heterocycles. The molecule has 31 heavy (non-hydrogen) atoms. The summed E-state index contributed by atoms with van der Waals surface area (Å²) in [5.41, 5.74) is 1.40. The SMILES string of the molecule is C=CC(O)Nc1ccccc1Nc1nccc(N2CCCC(NS(=O)(=O)CCC)C2)n1. The van der Waals surface area contributed by atoms with E-state index in [1.54, 1.807) is 6.20 Å². The van der Waals surface area contributed by atoms with E-state index >= 15 is 0 Å². The summed E-state index contributed by atoms with van der Waals surface area (Å²) in [5, 5.41) is 15.9. The van der Waals surface area contributed by atoms with Crippen molar-refractivity contribution in [1.29, 1.82) is 0 Å². The second kappa shape index (κ2) is 10.6. The molecule has 3 rings (SSSR count). The van der Waals surface area contributed by atoms with Crippen LogP contribution in [0.2, 0.25) is 0 Å². The summed E-state index contributed by atoms with van der Waals surface area (Å²) >= 11 is 0. The minimum absolute atomic E-state index is 0.137. The molecule has 2 aromatic rings. The predicted molar refractivity (Wildman–Crippen MR) is 124 cm³/mol. The molecule has 1 aliphatic rings. The van der Waals surface area contributed by atoms with Crippen molar-refractivity contribution in [3.05, 3.63) is 49.2 Å². The third-order valence-electron chi connectivity index (χ3n) is 4.91. The number of aliphatic hydroxyl groups excluding tert-OH is 1. The Morgan fingerprint density at radius 3 is 2.84 bits per heavy atom. The number of anilines is 4. The lowest BCUT2D eigenvalue weighted by Crippen LogP contribution is -2.48. The summed E-state index contributed by atoms with van der Waals surface area (Å²) in [5.74, 6) is 1.28. The smallest absolute Gasteiger partial charge is 0.229 e. The molecule has 1 saturated heterocycles. The highest BCUT2D eigenvalue weighted by Gasteiger charge is 2.25. The summed E-state index contributed by atoms with van der Waals surface area (Å²) in [7, 11) is -3.26. The summed E-state index contributed by atoms with van der Waals surface area (Å²) in [6, 6.07) is 9.09. The lowest BCUT2D eigenvalue weighted by Gasteiger charge is -2.33. The molecule has 0 aliphatic carbocycles. The minimum Gasteiger partial charge on any atom is -0.370 e. The first-order chi connectivity index (χ1) is 14.9. The molecular formula is C21H30N6O3S. The zero-order chi connectivity index (χ0) is 22.3. The maximum absolute atomic E-state index is 12.1. The second-order valence-corrected chi connectivity index (χ2v) is 9.33. The topological polar surface area (TPSA) is 119 Å². The number of hydrogen-bond donors (Lipinski definition) is 4. The molecule has 2 atom stereocenters. The molecule has 9 nitrogen and oxygen atoms in total. The third-order valence-corrected chi connectivity index (χ3v) is 6.54. The minimum atomic E-state index is -3.26. The van der Waals surface area contributed by atoms with Gasteiger partial charge in [-0.25, -0.2) is 18.1 Å². The van der Waals surface area contributed by atoms with E-state index in [0.717, 1.165) is 25.2 Å². The molecule has 0 spiro atoms. The Morgan fingerprint density at radius 2 is 2.10 bits per heavy atom. The van der Waals surface area contributed by atoms with Gasteiger partial charge in [0.05, 0.1) is 17.1 Å². The Hall–Kier alpha value is -2.69. The zero-order valence-corrected chi connectivity index (χ0v) is 18.5. The molecule has 1 aromatic carbocycles. The average molecular weight is 447 g/mol. The third kappa shape index (κ3) is 6.65. The van der Waals surface area contributed by atoms with Gasteiger partial charge in [0.15, 0.2) is 0 Å². The highest BCUT2D eigenvalue weighted by molar-refractivity contribution is 7.89. The largest absolute Gasteiger partial charge is 0.370 e. The van der Waals surface area contributed by atoms with Gasteiger partial charge in [-0.2, -0.15) is 4.98 Å². The maximum Gasteiger partial charge on any atom is 0.229 e. The lowest BCUT2D eigenvalue weighted by molar-refractivity contribution is 0.253. The van der Waals surface area contributed by atoms with Crippen molar-refractivity contribution >= 4 is 33.2 Å². The van der Waals surface area contributed by atoms with Crippen molar-refractivity contribution < 1.29 is 13.5 Å². The number of para-hydroxylation sites is 2. The van der Waals surface area contributed by atoms with E-state index in [-0.39, 0.29) is 11.8 Å². The number of nitrogens with one attached hydrogen (secondary N) is 3. The van der Waals surface area contributed by atoms with Gasteiger partial charge in [-0.05, 0) is 43.5 Å². The first-order valence-electron chi connectivity index (χ1n) is 10.4. The first-order valence-corrected chi connectivity index (χ1v) is 12.1.